The Bertz CT molecular complexity index is 550. The van der Waals surface area contributed by atoms with E-state index in [-0.39, 0.29) is 6.04 Å². The number of nitrogens with two attached hydrogens (primary N) is 1. The lowest BCUT2D eigenvalue weighted by molar-refractivity contribution is 0.499. The van der Waals surface area contributed by atoms with Gasteiger partial charge in [0.1, 0.15) is 11.5 Å². The zero-order valence-corrected chi connectivity index (χ0v) is 13.4. The van der Waals surface area contributed by atoms with Crippen molar-refractivity contribution in [1.29, 1.82) is 0 Å². The van der Waals surface area contributed by atoms with Crippen LogP contribution in [0.25, 0.3) is 0 Å². The second-order valence-electron chi connectivity index (χ2n) is 4.01. The van der Waals surface area contributed by atoms with Crippen LogP contribution < -0.4 is 5.73 Å². The van der Waals surface area contributed by atoms with Crippen molar-refractivity contribution in [3.05, 3.63) is 55.0 Å². The third-order valence-electron chi connectivity index (χ3n) is 2.71. The number of hydrogen-bond acceptors (Lipinski definition) is 2. The first-order valence-corrected chi connectivity index (χ1v) is 7.13. The summed E-state index contributed by atoms with van der Waals surface area (Å²) in [6.07, 6.45) is 0. The molecule has 2 aromatic rings. The Hall–Kier alpha value is -0.330. The predicted molar refractivity (Wildman–Crippen MR) is 81.1 cm³/mol. The molecule has 0 aliphatic heterocycles. The molecule has 0 spiro atoms. The van der Waals surface area contributed by atoms with Gasteiger partial charge in [0, 0.05) is 13.6 Å². The quantitative estimate of drug-likeness (QED) is 0.756. The second-order valence-corrected chi connectivity index (χ2v) is 6.11. The highest BCUT2D eigenvalue weighted by atomic mass is 127. The molecule has 0 aliphatic rings. The number of rotatable bonds is 2. The molecule has 0 saturated heterocycles. The summed E-state index contributed by atoms with van der Waals surface area (Å²) in [6.45, 7) is 3.89. The molecule has 4 heteroatoms. The standard InChI is InChI=1S/C13H13BrINO/c1-7-5-10(8(2)17-7)13(16)11-6-9(15)3-4-12(11)14/h3-6,13H,16H2,1-2H3. The lowest BCUT2D eigenvalue weighted by Crippen LogP contribution is -2.13. The first-order chi connectivity index (χ1) is 7.99. The van der Waals surface area contributed by atoms with Gasteiger partial charge in [0.05, 0.1) is 6.04 Å². The Morgan fingerprint density at radius 1 is 1.24 bits per heavy atom. The lowest BCUT2D eigenvalue weighted by Gasteiger charge is -2.13. The van der Waals surface area contributed by atoms with Crippen molar-refractivity contribution < 1.29 is 4.42 Å². The van der Waals surface area contributed by atoms with E-state index in [0.29, 0.717) is 0 Å². The summed E-state index contributed by atoms with van der Waals surface area (Å²) in [6, 6.07) is 8.02. The zero-order valence-electron chi connectivity index (χ0n) is 9.63. The van der Waals surface area contributed by atoms with Crippen molar-refractivity contribution >= 4 is 38.5 Å². The highest BCUT2D eigenvalue weighted by Gasteiger charge is 2.17. The third kappa shape index (κ3) is 2.74. The maximum Gasteiger partial charge on any atom is 0.106 e. The molecule has 0 saturated carbocycles. The first-order valence-electron chi connectivity index (χ1n) is 5.26. The summed E-state index contributed by atoms with van der Waals surface area (Å²) < 4.78 is 7.74. The van der Waals surface area contributed by atoms with E-state index >= 15 is 0 Å². The molecular weight excluding hydrogens is 393 g/mol. The second kappa shape index (κ2) is 5.12. The topological polar surface area (TPSA) is 39.2 Å². The predicted octanol–water partition coefficient (Wildman–Crippen LogP) is 4.31. The fourth-order valence-electron chi connectivity index (χ4n) is 1.88. The van der Waals surface area contributed by atoms with E-state index in [0.717, 1.165) is 27.1 Å². The summed E-state index contributed by atoms with van der Waals surface area (Å²) in [4.78, 5) is 0. The molecule has 0 aliphatic carbocycles. The van der Waals surface area contributed by atoms with Crippen LogP contribution in [-0.2, 0) is 0 Å². The summed E-state index contributed by atoms with van der Waals surface area (Å²) in [5, 5.41) is 0. The number of hydrogen-bond donors (Lipinski definition) is 1. The van der Waals surface area contributed by atoms with Crippen LogP contribution in [0.5, 0.6) is 0 Å². The molecule has 0 fully saturated rings. The van der Waals surface area contributed by atoms with Gasteiger partial charge in [-0.15, -0.1) is 0 Å². The molecule has 17 heavy (non-hydrogen) atoms. The van der Waals surface area contributed by atoms with Gasteiger partial charge >= 0.3 is 0 Å². The molecule has 2 N–H and O–H groups in total. The van der Waals surface area contributed by atoms with Gasteiger partial charge in [-0.3, -0.25) is 0 Å². The minimum Gasteiger partial charge on any atom is -0.466 e. The normalized spacial score (nSPS) is 12.8. The number of benzene rings is 1. The van der Waals surface area contributed by atoms with Crippen molar-refractivity contribution in [2.75, 3.05) is 0 Å². The van der Waals surface area contributed by atoms with Crippen molar-refractivity contribution in [1.82, 2.24) is 0 Å². The lowest BCUT2D eigenvalue weighted by atomic mass is 10.00. The van der Waals surface area contributed by atoms with E-state index in [9.17, 15) is 0 Å². The molecule has 2 nitrogen and oxygen atoms in total. The van der Waals surface area contributed by atoms with Gasteiger partial charge in [-0.25, -0.2) is 0 Å². The van der Waals surface area contributed by atoms with Gasteiger partial charge in [0.25, 0.3) is 0 Å². The van der Waals surface area contributed by atoms with E-state index < -0.39 is 0 Å². The molecule has 1 aromatic carbocycles. The zero-order chi connectivity index (χ0) is 12.6. The van der Waals surface area contributed by atoms with Crippen molar-refractivity contribution in [2.45, 2.75) is 19.9 Å². The van der Waals surface area contributed by atoms with Crippen molar-refractivity contribution in [2.24, 2.45) is 5.73 Å². The van der Waals surface area contributed by atoms with Gasteiger partial charge in [-0.05, 0) is 66.3 Å². The van der Waals surface area contributed by atoms with Crippen molar-refractivity contribution in [3.8, 4) is 0 Å². The molecule has 90 valence electrons. The average molecular weight is 406 g/mol. The van der Waals surface area contributed by atoms with Crippen LogP contribution in [0.1, 0.15) is 28.7 Å². The van der Waals surface area contributed by atoms with Gasteiger partial charge in [-0.2, -0.15) is 0 Å². The summed E-state index contributed by atoms with van der Waals surface area (Å²) in [5.41, 5.74) is 8.44. The molecule has 1 unspecified atom stereocenters. The molecule has 0 radical (unpaired) electrons. The van der Waals surface area contributed by atoms with Gasteiger partial charge in [0.2, 0.25) is 0 Å². The van der Waals surface area contributed by atoms with Gasteiger partial charge < -0.3 is 10.2 Å². The number of halogens is 2. The van der Waals surface area contributed by atoms with E-state index in [1.165, 1.54) is 3.57 Å². The van der Waals surface area contributed by atoms with Crippen LogP contribution in [0.15, 0.2) is 33.2 Å². The molecule has 0 amide bonds. The fourth-order valence-corrected chi connectivity index (χ4v) is 2.89. The van der Waals surface area contributed by atoms with Crippen LogP contribution >= 0.6 is 38.5 Å². The summed E-state index contributed by atoms with van der Waals surface area (Å²) in [5.74, 6) is 1.79. The highest BCUT2D eigenvalue weighted by Crippen LogP contribution is 2.31. The molecule has 2 rings (SSSR count). The van der Waals surface area contributed by atoms with E-state index in [1.807, 2.05) is 32.0 Å². The minimum absolute atomic E-state index is 0.156. The highest BCUT2D eigenvalue weighted by molar-refractivity contribution is 14.1. The van der Waals surface area contributed by atoms with E-state index in [1.54, 1.807) is 0 Å². The Morgan fingerprint density at radius 3 is 2.53 bits per heavy atom. The van der Waals surface area contributed by atoms with Crippen LogP contribution in [0.3, 0.4) is 0 Å². The Labute approximate surface area is 123 Å². The van der Waals surface area contributed by atoms with Crippen LogP contribution in [0.4, 0.5) is 0 Å². The molecule has 1 atom stereocenters. The fraction of sp³-hybridized carbons (Fsp3) is 0.231. The Morgan fingerprint density at radius 2 is 1.94 bits per heavy atom. The smallest absolute Gasteiger partial charge is 0.106 e. The van der Waals surface area contributed by atoms with Crippen LogP contribution in [0, 0.1) is 17.4 Å². The van der Waals surface area contributed by atoms with Crippen LogP contribution in [0.2, 0.25) is 0 Å². The summed E-state index contributed by atoms with van der Waals surface area (Å²) >= 11 is 5.83. The third-order valence-corrected chi connectivity index (χ3v) is 4.10. The Kier molecular flexibility index (Phi) is 3.95. The first kappa shape index (κ1) is 13.1. The number of aryl methyl sites for hydroxylation is 2. The maximum atomic E-state index is 6.31. The maximum absolute atomic E-state index is 6.31. The van der Waals surface area contributed by atoms with Crippen molar-refractivity contribution in [3.63, 3.8) is 0 Å². The largest absolute Gasteiger partial charge is 0.466 e. The molecule has 0 bridgehead atoms. The molecular formula is C13H13BrINO. The van der Waals surface area contributed by atoms with Gasteiger partial charge in [-0.1, -0.05) is 15.9 Å². The minimum atomic E-state index is -0.156. The van der Waals surface area contributed by atoms with Crippen LogP contribution in [-0.4, -0.2) is 0 Å². The molecule has 1 heterocycles. The SMILES string of the molecule is Cc1cc(C(N)c2cc(I)ccc2Br)c(C)o1. The monoisotopic (exact) mass is 405 g/mol. The molecule has 1 aromatic heterocycles. The average Bonchev–Trinajstić information content (AvgIpc) is 2.60. The van der Waals surface area contributed by atoms with E-state index in [4.69, 9.17) is 10.2 Å². The number of furan rings is 1. The Balaban J connectivity index is 2.46. The van der Waals surface area contributed by atoms with E-state index in [2.05, 4.69) is 44.6 Å². The van der Waals surface area contributed by atoms with Gasteiger partial charge in [0.15, 0.2) is 0 Å². The summed E-state index contributed by atoms with van der Waals surface area (Å²) in [7, 11) is 0.